The van der Waals surface area contributed by atoms with Crippen LogP contribution in [0.15, 0.2) is 91.0 Å². The van der Waals surface area contributed by atoms with Crippen LogP contribution in [0.2, 0.25) is 0 Å². The standard InChI is InChI=1S/C12H13F2N3O3S.2C9H13NO.C7H10.2C2H6/c13-9-3-8(4-10(14)6-9)5-11(7-19)16-12(20)17-21-15-1-2-18;2*1-10(2)8-4-6-9(11-3)7-5-8;1-7-5-3-2-4-6-7;2*1-2/h2-4,6-7,11,15H,1,5H2,(H2,16,17,20);2*4-7H,1-3H3;2-5,7H,6H2,1H3;2*1-2H3. The smallest absolute Gasteiger partial charge is 0.326 e. The van der Waals surface area contributed by atoms with Crippen molar-refractivity contribution in [3.05, 3.63) is 108 Å². The zero-order valence-corrected chi connectivity index (χ0v) is 34.5. The van der Waals surface area contributed by atoms with Crippen molar-refractivity contribution in [2.75, 3.05) is 58.8 Å². The van der Waals surface area contributed by atoms with E-state index in [-0.39, 0.29) is 18.5 Å². The average Bonchev–Trinajstić information content (AvgIpc) is 3.18. The third-order valence-corrected chi connectivity index (χ3v) is 7.21. The molecule has 0 saturated carbocycles. The first kappa shape index (κ1) is 51.2. The predicted octanol–water partition coefficient (Wildman–Crippen LogP) is 8.44. The van der Waals surface area contributed by atoms with Crippen LogP contribution in [-0.2, 0) is 16.0 Å². The van der Waals surface area contributed by atoms with E-state index in [0.717, 1.165) is 47.7 Å². The number of hydrogen-bond donors (Lipinski definition) is 3. The first-order valence-corrected chi connectivity index (χ1v) is 18.5. The summed E-state index contributed by atoms with van der Waals surface area (Å²) >= 11 is 0.770. The second-order valence-electron chi connectivity index (χ2n) is 11.1. The summed E-state index contributed by atoms with van der Waals surface area (Å²) < 4.78 is 40.9. The van der Waals surface area contributed by atoms with Crippen LogP contribution in [0, 0.1) is 17.6 Å². The number of benzene rings is 3. The van der Waals surface area contributed by atoms with Crippen LogP contribution in [-0.4, -0.2) is 73.6 Å². The largest absolute Gasteiger partial charge is 0.497 e. The van der Waals surface area contributed by atoms with Crippen molar-refractivity contribution >= 4 is 42.1 Å². The third-order valence-electron chi connectivity index (χ3n) is 6.61. The number of carbonyl (C=O) groups excluding carboxylic acids is 3. The summed E-state index contributed by atoms with van der Waals surface area (Å²) in [6, 6.07) is 17.2. The lowest BCUT2D eigenvalue weighted by Gasteiger charge is -2.13. The fraction of sp³-hybridized carbons (Fsp3) is 0.390. The molecule has 4 rings (SSSR count). The number of urea groups is 1. The topological polar surface area (TPSA) is 112 Å². The van der Waals surface area contributed by atoms with E-state index in [2.05, 4.69) is 55.8 Å². The van der Waals surface area contributed by atoms with E-state index in [1.165, 1.54) is 17.8 Å². The van der Waals surface area contributed by atoms with Gasteiger partial charge in [0.25, 0.3) is 0 Å². The molecule has 54 heavy (non-hydrogen) atoms. The normalized spacial score (nSPS) is 12.2. The molecule has 10 nitrogen and oxygen atoms in total. The summed E-state index contributed by atoms with van der Waals surface area (Å²) in [5.74, 6) is 1.05. The van der Waals surface area contributed by atoms with E-state index in [1.807, 2.05) is 104 Å². The van der Waals surface area contributed by atoms with Gasteiger partial charge in [-0.15, -0.1) is 0 Å². The highest BCUT2D eigenvalue weighted by molar-refractivity contribution is 7.96. The first-order valence-electron chi connectivity index (χ1n) is 17.7. The van der Waals surface area contributed by atoms with Crippen molar-refractivity contribution in [3.63, 3.8) is 0 Å². The lowest BCUT2D eigenvalue weighted by molar-refractivity contribution is -0.109. The zero-order valence-electron chi connectivity index (χ0n) is 33.7. The van der Waals surface area contributed by atoms with Gasteiger partial charge >= 0.3 is 6.03 Å². The van der Waals surface area contributed by atoms with Gasteiger partial charge in [-0.3, -0.25) is 4.72 Å². The molecule has 2 unspecified atom stereocenters. The van der Waals surface area contributed by atoms with E-state index >= 15 is 0 Å². The molecule has 0 heterocycles. The molecular weight excluding hydrogens is 713 g/mol. The Bertz CT molecular complexity index is 1400. The number of nitrogens with one attached hydrogen (secondary N) is 3. The molecule has 0 saturated heterocycles. The molecule has 3 aromatic carbocycles. The first-order chi connectivity index (χ1) is 25.9. The highest BCUT2D eigenvalue weighted by Gasteiger charge is 2.13. The van der Waals surface area contributed by atoms with Crippen LogP contribution in [0.4, 0.5) is 25.0 Å². The summed E-state index contributed by atoms with van der Waals surface area (Å²) in [5, 5.41) is 2.32. The number of amides is 2. The zero-order chi connectivity index (χ0) is 41.3. The Morgan fingerprint density at radius 2 is 1.31 bits per heavy atom. The fourth-order valence-corrected chi connectivity index (χ4v) is 4.31. The monoisotopic (exact) mass is 773 g/mol. The van der Waals surface area contributed by atoms with Gasteiger partial charge in [0.05, 0.1) is 26.8 Å². The van der Waals surface area contributed by atoms with Gasteiger partial charge in [0.1, 0.15) is 35.7 Å². The lowest BCUT2D eigenvalue weighted by atomic mass is 10.0. The number of ether oxygens (including phenoxy) is 2. The molecule has 0 spiro atoms. The minimum absolute atomic E-state index is 0.0436. The number of carbonyl (C=O) groups is 3. The molecule has 2 atom stereocenters. The molecule has 300 valence electrons. The highest BCUT2D eigenvalue weighted by Crippen LogP contribution is 2.17. The molecule has 3 N–H and O–H groups in total. The molecule has 0 aromatic heterocycles. The summed E-state index contributed by atoms with van der Waals surface area (Å²) in [6.07, 6.45) is 10.9. The number of rotatable bonds is 12. The van der Waals surface area contributed by atoms with Crippen molar-refractivity contribution in [2.45, 2.75) is 53.5 Å². The molecule has 0 aliphatic heterocycles. The van der Waals surface area contributed by atoms with Crippen LogP contribution in [0.1, 0.15) is 46.6 Å². The van der Waals surface area contributed by atoms with E-state index in [1.54, 1.807) is 14.2 Å². The van der Waals surface area contributed by atoms with Gasteiger partial charge in [0.2, 0.25) is 0 Å². The van der Waals surface area contributed by atoms with Crippen LogP contribution in [0.5, 0.6) is 11.5 Å². The van der Waals surface area contributed by atoms with Crippen LogP contribution in [0.25, 0.3) is 0 Å². The summed E-state index contributed by atoms with van der Waals surface area (Å²) in [6.45, 7) is 10.3. The number of halogens is 2. The van der Waals surface area contributed by atoms with Crippen molar-refractivity contribution < 1.29 is 32.6 Å². The predicted molar refractivity (Wildman–Crippen MR) is 223 cm³/mol. The van der Waals surface area contributed by atoms with E-state index in [4.69, 9.17) is 9.47 Å². The minimum atomic E-state index is -0.933. The van der Waals surface area contributed by atoms with Crippen LogP contribution in [0.3, 0.4) is 0 Å². The van der Waals surface area contributed by atoms with Crippen molar-refractivity contribution in [2.24, 2.45) is 5.92 Å². The summed E-state index contributed by atoms with van der Waals surface area (Å²) in [4.78, 5) is 36.4. The second-order valence-corrected chi connectivity index (χ2v) is 11.8. The van der Waals surface area contributed by atoms with E-state index in [0.29, 0.717) is 12.6 Å². The third kappa shape index (κ3) is 25.2. The van der Waals surface area contributed by atoms with Gasteiger partial charge in [-0.1, -0.05) is 58.9 Å². The molecule has 1 aliphatic rings. The maximum Gasteiger partial charge on any atom is 0.326 e. The summed E-state index contributed by atoms with van der Waals surface area (Å²) in [5.41, 5.74) is 2.62. The van der Waals surface area contributed by atoms with Gasteiger partial charge in [-0.2, -0.15) is 0 Å². The number of anilines is 2. The number of methoxy groups -OCH3 is 2. The number of hydrogen-bond acceptors (Lipinski definition) is 9. The van der Waals surface area contributed by atoms with Crippen molar-refractivity contribution in [3.8, 4) is 11.5 Å². The average molecular weight is 774 g/mol. The number of allylic oxidation sites excluding steroid dienone is 4. The second kappa shape index (κ2) is 32.7. The van der Waals surface area contributed by atoms with Gasteiger partial charge < -0.3 is 34.2 Å². The van der Waals surface area contributed by atoms with Gasteiger partial charge in [-0.05, 0) is 85.0 Å². The van der Waals surface area contributed by atoms with Crippen molar-refractivity contribution in [1.82, 2.24) is 14.8 Å². The lowest BCUT2D eigenvalue weighted by Crippen LogP contribution is -2.42. The molecule has 2 amide bonds. The van der Waals surface area contributed by atoms with Crippen LogP contribution < -0.4 is 34.0 Å². The molecule has 0 fully saturated rings. The Hall–Kier alpha value is -4.88. The molecule has 0 radical (unpaired) electrons. The number of aldehydes is 2. The highest BCUT2D eigenvalue weighted by atomic mass is 32.2. The Kier molecular flexibility index (Phi) is 31.1. The Morgan fingerprint density at radius 1 is 0.833 bits per heavy atom. The Balaban J connectivity index is 0. The maximum atomic E-state index is 13.0. The Labute approximate surface area is 326 Å². The molecular formula is C41H61F2N5O5S. The fourth-order valence-electron chi connectivity index (χ4n) is 3.94. The molecule has 0 bridgehead atoms. The van der Waals surface area contributed by atoms with Gasteiger partial charge in [0, 0.05) is 57.8 Å². The molecule has 1 aliphatic carbocycles. The SMILES string of the molecule is CC.CC.CC1C=CC=CC1.COc1ccc(N(C)C)cc1.COc1ccc(N(C)C)cc1.O=CCNSNC(=O)NC(C=O)Cc1cc(F)cc(F)c1. The van der Waals surface area contributed by atoms with Crippen LogP contribution >= 0.6 is 12.1 Å². The van der Waals surface area contributed by atoms with Gasteiger partial charge in [0.15, 0.2) is 0 Å². The van der Waals surface area contributed by atoms with Gasteiger partial charge in [-0.25, -0.2) is 18.3 Å². The number of nitrogens with zero attached hydrogens (tertiary/aromatic N) is 2. The Morgan fingerprint density at radius 3 is 1.65 bits per heavy atom. The quantitative estimate of drug-likeness (QED) is 0.0949. The van der Waals surface area contributed by atoms with E-state index in [9.17, 15) is 23.2 Å². The molecule has 13 heteroatoms. The molecule has 3 aromatic rings. The maximum absolute atomic E-state index is 13.0. The van der Waals surface area contributed by atoms with Crippen molar-refractivity contribution in [1.29, 1.82) is 0 Å². The van der Waals surface area contributed by atoms with E-state index < -0.39 is 23.7 Å². The minimum Gasteiger partial charge on any atom is -0.497 e. The summed E-state index contributed by atoms with van der Waals surface area (Å²) in [7, 11) is 11.4.